The number of aryl methyl sites for hydroxylation is 1. The number of hydrogen-bond acceptors (Lipinski definition) is 4. The van der Waals surface area contributed by atoms with Gasteiger partial charge in [-0.3, -0.25) is 4.79 Å². The van der Waals surface area contributed by atoms with Crippen LogP contribution in [-0.2, 0) is 11.8 Å². The van der Waals surface area contributed by atoms with Gasteiger partial charge in [-0.2, -0.15) is 0 Å². The lowest BCUT2D eigenvalue weighted by molar-refractivity contribution is -0.117. The van der Waals surface area contributed by atoms with E-state index in [9.17, 15) is 4.79 Å². The molecule has 2 unspecified atom stereocenters. The van der Waals surface area contributed by atoms with Gasteiger partial charge in [0.25, 0.3) is 0 Å². The van der Waals surface area contributed by atoms with Crippen LogP contribution >= 0.6 is 27.7 Å². The third-order valence-electron chi connectivity index (χ3n) is 4.40. The molecular weight excluding hydrogens is 412 g/mol. The molecule has 1 aromatic heterocycles. The predicted octanol–water partition coefficient (Wildman–Crippen LogP) is 4.47. The first-order valence-electron chi connectivity index (χ1n) is 8.28. The van der Waals surface area contributed by atoms with E-state index in [-0.39, 0.29) is 11.8 Å². The Kier molecular flexibility index (Phi) is 4.82. The van der Waals surface area contributed by atoms with Gasteiger partial charge in [-0.1, -0.05) is 28.1 Å². The van der Waals surface area contributed by atoms with E-state index < -0.39 is 0 Å². The van der Waals surface area contributed by atoms with Gasteiger partial charge in [0, 0.05) is 28.0 Å². The molecule has 4 rings (SSSR count). The number of nitrogens with zero attached hydrogens (tertiary/aromatic N) is 3. The average Bonchev–Trinajstić information content (AvgIpc) is 3.34. The number of halogens is 1. The first kappa shape index (κ1) is 17.3. The fraction of sp³-hybridized carbons (Fsp3) is 0.211. The van der Waals surface area contributed by atoms with Crippen LogP contribution in [-0.4, -0.2) is 20.7 Å². The van der Waals surface area contributed by atoms with E-state index in [0.29, 0.717) is 5.92 Å². The van der Waals surface area contributed by atoms with Crippen molar-refractivity contribution in [1.82, 2.24) is 14.8 Å². The minimum absolute atomic E-state index is 0.0528. The normalized spacial score (nSPS) is 18.5. The van der Waals surface area contributed by atoms with Crippen molar-refractivity contribution in [2.24, 2.45) is 13.0 Å². The molecule has 0 radical (unpaired) electrons. The molecule has 0 bridgehead atoms. The monoisotopic (exact) mass is 428 g/mol. The zero-order valence-corrected chi connectivity index (χ0v) is 16.5. The van der Waals surface area contributed by atoms with Gasteiger partial charge in [-0.05, 0) is 66.1 Å². The van der Waals surface area contributed by atoms with Gasteiger partial charge >= 0.3 is 0 Å². The van der Waals surface area contributed by atoms with Crippen molar-refractivity contribution in [3.63, 3.8) is 0 Å². The minimum atomic E-state index is 0.0528. The van der Waals surface area contributed by atoms with E-state index >= 15 is 0 Å². The number of rotatable bonds is 5. The van der Waals surface area contributed by atoms with Crippen LogP contribution in [0.5, 0.6) is 0 Å². The number of anilines is 1. The Hall–Kier alpha value is -2.12. The summed E-state index contributed by atoms with van der Waals surface area (Å²) in [5.41, 5.74) is 2.03. The second-order valence-electron chi connectivity index (χ2n) is 6.34. The Morgan fingerprint density at radius 1 is 1.27 bits per heavy atom. The number of carbonyl (C=O) groups excluding carboxylic acids is 1. The number of carbonyl (C=O) groups is 1. The van der Waals surface area contributed by atoms with E-state index in [2.05, 4.69) is 43.6 Å². The van der Waals surface area contributed by atoms with Gasteiger partial charge in [-0.25, -0.2) is 0 Å². The quantitative estimate of drug-likeness (QED) is 0.650. The maximum Gasteiger partial charge on any atom is 0.228 e. The summed E-state index contributed by atoms with van der Waals surface area (Å²) in [5, 5.41) is 11.8. The molecular formula is C19H17BrN4OS. The summed E-state index contributed by atoms with van der Waals surface area (Å²) in [5.74, 6) is 0.457. The highest BCUT2D eigenvalue weighted by Gasteiger charge is 2.43. The third-order valence-corrected chi connectivity index (χ3v) is 5.96. The number of aromatic nitrogens is 3. The first-order valence-corrected chi connectivity index (χ1v) is 9.89. The van der Waals surface area contributed by atoms with Gasteiger partial charge in [-0.15, -0.1) is 10.2 Å². The molecule has 132 valence electrons. The lowest BCUT2D eigenvalue weighted by Gasteiger charge is -2.07. The van der Waals surface area contributed by atoms with E-state index in [1.165, 1.54) is 17.3 Å². The summed E-state index contributed by atoms with van der Waals surface area (Å²) in [6.07, 6.45) is 2.58. The zero-order chi connectivity index (χ0) is 18.1. The molecule has 1 N–H and O–H groups in total. The van der Waals surface area contributed by atoms with Crippen molar-refractivity contribution >= 4 is 39.3 Å². The van der Waals surface area contributed by atoms with Crippen molar-refractivity contribution < 1.29 is 4.79 Å². The Bertz CT molecular complexity index is 941. The van der Waals surface area contributed by atoms with Crippen LogP contribution in [0.1, 0.15) is 17.9 Å². The molecule has 0 aliphatic heterocycles. The van der Waals surface area contributed by atoms with Gasteiger partial charge in [0.1, 0.15) is 6.33 Å². The molecule has 0 spiro atoms. The molecule has 26 heavy (non-hydrogen) atoms. The molecule has 7 heteroatoms. The molecule has 2 aromatic carbocycles. The summed E-state index contributed by atoms with van der Waals surface area (Å²) >= 11 is 5.03. The maximum atomic E-state index is 12.5. The molecule has 0 saturated heterocycles. The van der Waals surface area contributed by atoms with Crippen LogP contribution in [0.15, 0.2) is 69.4 Å². The third kappa shape index (κ3) is 3.83. The Labute approximate surface area is 164 Å². The van der Waals surface area contributed by atoms with Gasteiger partial charge < -0.3 is 9.88 Å². The molecule has 1 amide bonds. The zero-order valence-electron chi connectivity index (χ0n) is 14.1. The highest BCUT2D eigenvalue weighted by Crippen LogP contribution is 2.48. The van der Waals surface area contributed by atoms with E-state index in [1.807, 2.05) is 48.0 Å². The van der Waals surface area contributed by atoms with E-state index in [0.717, 1.165) is 26.6 Å². The van der Waals surface area contributed by atoms with Crippen LogP contribution in [0.3, 0.4) is 0 Å². The van der Waals surface area contributed by atoms with Crippen LogP contribution < -0.4 is 5.32 Å². The summed E-state index contributed by atoms with van der Waals surface area (Å²) in [4.78, 5) is 13.5. The van der Waals surface area contributed by atoms with Gasteiger partial charge in [0.15, 0.2) is 5.16 Å². The Morgan fingerprint density at radius 3 is 2.77 bits per heavy atom. The molecule has 3 aromatic rings. The van der Waals surface area contributed by atoms with Crippen LogP contribution in [0, 0.1) is 5.92 Å². The summed E-state index contributed by atoms with van der Waals surface area (Å²) in [6.45, 7) is 0. The topological polar surface area (TPSA) is 59.8 Å². The highest BCUT2D eigenvalue weighted by atomic mass is 79.9. The summed E-state index contributed by atoms with van der Waals surface area (Å²) < 4.78 is 2.92. The fourth-order valence-electron chi connectivity index (χ4n) is 2.90. The van der Waals surface area contributed by atoms with Crippen LogP contribution in [0.2, 0.25) is 0 Å². The van der Waals surface area contributed by atoms with Crippen LogP contribution in [0.25, 0.3) is 0 Å². The number of amides is 1. The number of benzene rings is 2. The molecule has 1 aliphatic carbocycles. The average molecular weight is 429 g/mol. The smallest absolute Gasteiger partial charge is 0.228 e. The molecule has 2 atom stereocenters. The van der Waals surface area contributed by atoms with Gasteiger partial charge in [0.05, 0.1) is 0 Å². The lowest BCUT2D eigenvalue weighted by Crippen LogP contribution is -2.14. The number of nitrogens with one attached hydrogen (secondary N) is 1. The van der Waals surface area contributed by atoms with Crippen LogP contribution in [0.4, 0.5) is 5.69 Å². The second kappa shape index (κ2) is 7.25. The van der Waals surface area contributed by atoms with Crippen molar-refractivity contribution in [2.45, 2.75) is 22.4 Å². The Balaban J connectivity index is 1.36. The van der Waals surface area contributed by atoms with Crippen molar-refractivity contribution in [1.29, 1.82) is 0 Å². The van der Waals surface area contributed by atoms with Crippen molar-refractivity contribution in [3.8, 4) is 0 Å². The number of hydrogen-bond donors (Lipinski definition) is 1. The highest BCUT2D eigenvalue weighted by molar-refractivity contribution is 9.10. The largest absolute Gasteiger partial charge is 0.326 e. The molecule has 1 fully saturated rings. The van der Waals surface area contributed by atoms with Gasteiger partial charge in [0.2, 0.25) is 5.91 Å². The second-order valence-corrected chi connectivity index (χ2v) is 8.30. The van der Waals surface area contributed by atoms with Crippen molar-refractivity contribution in [2.75, 3.05) is 5.32 Å². The molecule has 1 saturated carbocycles. The summed E-state index contributed by atoms with van der Waals surface area (Å²) in [6, 6.07) is 16.0. The fourth-order valence-corrected chi connectivity index (χ4v) is 4.08. The molecule has 1 heterocycles. The SMILES string of the molecule is Cn1cnnc1Sc1ccc(NC(=O)C2CC2c2cccc(Br)c2)cc1. The van der Waals surface area contributed by atoms with Crippen molar-refractivity contribution in [3.05, 3.63) is 64.9 Å². The first-order chi connectivity index (χ1) is 12.6. The lowest BCUT2D eigenvalue weighted by atomic mass is 10.1. The Morgan fingerprint density at radius 2 is 2.08 bits per heavy atom. The maximum absolute atomic E-state index is 12.5. The van der Waals surface area contributed by atoms with E-state index in [1.54, 1.807) is 6.33 Å². The standard InChI is InChI=1S/C19H17BrN4OS/c1-24-11-21-23-19(24)26-15-7-5-14(6-8-15)22-18(25)17-10-16(17)12-3-2-4-13(20)9-12/h2-9,11,16-17H,10H2,1H3,(H,22,25). The molecule has 1 aliphatic rings. The molecule has 5 nitrogen and oxygen atoms in total. The predicted molar refractivity (Wildman–Crippen MR) is 105 cm³/mol. The minimum Gasteiger partial charge on any atom is -0.326 e. The van der Waals surface area contributed by atoms with E-state index in [4.69, 9.17) is 0 Å². The summed E-state index contributed by atoms with van der Waals surface area (Å²) in [7, 11) is 1.91.